The van der Waals surface area contributed by atoms with Crippen LogP contribution in [0.4, 0.5) is 0 Å². The van der Waals surface area contributed by atoms with E-state index in [2.05, 4.69) is 20.1 Å². The Kier molecular flexibility index (Phi) is 5.12. The summed E-state index contributed by atoms with van der Waals surface area (Å²) in [5, 5.41) is 10.3. The fourth-order valence-corrected chi connectivity index (χ4v) is 4.14. The Labute approximate surface area is 177 Å². The van der Waals surface area contributed by atoms with E-state index >= 15 is 0 Å². The van der Waals surface area contributed by atoms with Crippen molar-refractivity contribution in [3.05, 3.63) is 71.7 Å². The van der Waals surface area contributed by atoms with Crippen molar-refractivity contribution in [1.29, 1.82) is 0 Å². The van der Waals surface area contributed by atoms with Gasteiger partial charge in [0, 0.05) is 44.1 Å². The molecule has 4 heterocycles. The first-order valence-electron chi connectivity index (χ1n) is 9.74. The third-order valence-electron chi connectivity index (χ3n) is 5.11. The fourth-order valence-electron chi connectivity index (χ4n) is 3.49. The number of hydrogen-bond donors (Lipinski definition) is 0. The van der Waals surface area contributed by atoms with Crippen LogP contribution in [-0.2, 0) is 6.54 Å². The zero-order valence-electron chi connectivity index (χ0n) is 16.2. The Hall–Kier alpha value is -3.30. The van der Waals surface area contributed by atoms with Gasteiger partial charge in [0.15, 0.2) is 0 Å². The predicted octanol–water partition coefficient (Wildman–Crippen LogP) is 2.94. The van der Waals surface area contributed by atoms with E-state index in [9.17, 15) is 4.79 Å². The van der Waals surface area contributed by atoms with Crippen LogP contribution >= 0.6 is 11.3 Å². The molecule has 30 heavy (non-hydrogen) atoms. The molecule has 0 saturated carbocycles. The van der Waals surface area contributed by atoms with E-state index in [0.29, 0.717) is 36.9 Å². The molecule has 1 saturated heterocycles. The molecule has 0 spiro atoms. The van der Waals surface area contributed by atoms with Gasteiger partial charge in [-0.25, -0.2) is 4.68 Å². The van der Waals surface area contributed by atoms with Crippen molar-refractivity contribution in [1.82, 2.24) is 29.7 Å². The monoisotopic (exact) mass is 420 g/mol. The number of carbonyl (C=O) groups excluding carboxylic acids is 1. The van der Waals surface area contributed by atoms with Gasteiger partial charge in [0.2, 0.25) is 11.7 Å². The standard InChI is InChI=1S/C21H20N6O2S/c28-21(16-4-6-17(7-5-16)27-9-2-8-22-27)26-12-10-25(11-13-26)15-19-23-20(24-29-19)18-3-1-14-30-18/h1-9,14H,10-13,15H2. The van der Waals surface area contributed by atoms with Gasteiger partial charge in [0.1, 0.15) is 0 Å². The molecule has 9 heteroatoms. The highest BCUT2D eigenvalue weighted by molar-refractivity contribution is 7.13. The molecule has 0 unspecified atom stereocenters. The zero-order chi connectivity index (χ0) is 20.3. The number of thiophene rings is 1. The Bertz CT molecular complexity index is 1100. The lowest BCUT2D eigenvalue weighted by Gasteiger charge is -2.34. The molecule has 0 N–H and O–H groups in total. The summed E-state index contributed by atoms with van der Waals surface area (Å²) in [6.07, 6.45) is 3.61. The largest absolute Gasteiger partial charge is 0.338 e. The third kappa shape index (κ3) is 3.89. The fraction of sp³-hybridized carbons (Fsp3) is 0.238. The van der Waals surface area contributed by atoms with Crippen LogP contribution in [0.5, 0.6) is 0 Å². The minimum absolute atomic E-state index is 0.0550. The van der Waals surface area contributed by atoms with Gasteiger partial charge >= 0.3 is 0 Å². The highest BCUT2D eigenvalue weighted by Crippen LogP contribution is 2.22. The third-order valence-corrected chi connectivity index (χ3v) is 5.98. The van der Waals surface area contributed by atoms with Crippen LogP contribution in [0.15, 0.2) is 64.8 Å². The Morgan fingerprint density at radius 2 is 1.90 bits per heavy atom. The average molecular weight is 420 g/mol. The van der Waals surface area contributed by atoms with Gasteiger partial charge in [0.05, 0.1) is 17.1 Å². The summed E-state index contributed by atoms with van der Waals surface area (Å²) >= 11 is 1.59. The smallest absolute Gasteiger partial charge is 0.253 e. The molecule has 1 aliphatic rings. The second kappa shape index (κ2) is 8.21. The number of carbonyl (C=O) groups is 1. The number of rotatable bonds is 5. The van der Waals surface area contributed by atoms with Crippen molar-refractivity contribution >= 4 is 17.2 Å². The maximum absolute atomic E-state index is 12.8. The SMILES string of the molecule is O=C(c1ccc(-n2cccn2)cc1)N1CCN(Cc2nc(-c3cccs3)no2)CC1. The molecule has 0 atom stereocenters. The summed E-state index contributed by atoms with van der Waals surface area (Å²) in [6.45, 7) is 3.48. The quantitative estimate of drug-likeness (QED) is 0.494. The molecule has 0 aliphatic carbocycles. The van der Waals surface area contributed by atoms with Crippen LogP contribution < -0.4 is 0 Å². The van der Waals surface area contributed by atoms with Crippen molar-refractivity contribution in [3.8, 4) is 16.4 Å². The molecule has 4 aromatic rings. The van der Waals surface area contributed by atoms with E-state index in [4.69, 9.17) is 4.52 Å². The molecule has 1 aliphatic heterocycles. The molecular weight excluding hydrogens is 400 g/mol. The van der Waals surface area contributed by atoms with Crippen LogP contribution in [0.2, 0.25) is 0 Å². The molecule has 3 aromatic heterocycles. The summed E-state index contributed by atoms with van der Waals surface area (Å²) in [4.78, 5) is 22.4. The molecule has 1 aromatic carbocycles. The van der Waals surface area contributed by atoms with Crippen LogP contribution in [0.1, 0.15) is 16.2 Å². The lowest BCUT2D eigenvalue weighted by molar-refractivity contribution is 0.0615. The minimum atomic E-state index is 0.0550. The molecule has 0 bridgehead atoms. The lowest BCUT2D eigenvalue weighted by atomic mass is 10.1. The maximum atomic E-state index is 12.8. The van der Waals surface area contributed by atoms with Crippen LogP contribution in [0.3, 0.4) is 0 Å². The second-order valence-corrected chi connectivity index (χ2v) is 8.00. The predicted molar refractivity (Wildman–Crippen MR) is 112 cm³/mol. The van der Waals surface area contributed by atoms with Gasteiger partial charge in [-0.2, -0.15) is 10.1 Å². The molecule has 152 valence electrons. The van der Waals surface area contributed by atoms with Crippen molar-refractivity contribution in [2.24, 2.45) is 0 Å². The lowest BCUT2D eigenvalue weighted by Crippen LogP contribution is -2.48. The average Bonchev–Trinajstić information content (AvgIpc) is 3.56. The van der Waals surface area contributed by atoms with Crippen LogP contribution in [-0.4, -0.2) is 61.8 Å². The van der Waals surface area contributed by atoms with Crippen LogP contribution in [0.25, 0.3) is 16.4 Å². The Morgan fingerprint density at radius 3 is 2.60 bits per heavy atom. The van der Waals surface area contributed by atoms with E-state index in [0.717, 1.165) is 23.7 Å². The Balaban J connectivity index is 1.16. The number of benzene rings is 1. The van der Waals surface area contributed by atoms with Gasteiger partial charge < -0.3 is 9.42 Å². The van der Waals surface area contributed by atoms with Gasteiger partial charge in [-0.1, -0.05) is 11.2 Å². The summed E-state index contributed by atoms with van der Waals surface area (Å²) < 4.78 is 7.17. The number of piperazine rings is 1. The highest BCUT2D eigenvalue weighted by Gasteiger charge is 2.23. The molecular formula is C21H20N6O2S. The number of nitrogens with zero attached hydrogens (tertiary/aromatic N) is 6. The molecule has 8 nitrogen and oxygen atoms in total. The van der Waals surface area contributed by atoms with Gasteiger partial charge in [-0.05, 0) is 41.8 Å². The Morgan fingerprint density at radius 1 is 1.07 bits per heavy atom. The topological polar surface area (TPSA) is 80.3 Å². The van der Waals surface area contributed by atoms with E-state index in [-0.39, 0.29) is 5.91 Å². The van der Waals surface area contributed by atoms with E-state index in [1.807, 2.05) is 58.9 Å². The summed E-state index contributed by atoms with van der Waals surface area (Å²) in [5.41, 5.74) is 1.62. The normalized spacial score (nSPS) is 14.9. The van der Waals surface area contributed by atoms with Gasteiger partial charge in [-0.3, -0.25) is 9.69 Å². The summed E-state index contributed by atoms with van der Waals surface area (Å²) in [6, 6.07) is 13.4. The highest BCUT2D eigenvalue weighted by atomic mass is 32.1. The first-order chi connectivity index (χ1) is 14.8. The van der Waals surface area contributed by atoms with Crippen molar-refractivity contribution in [2.75, 3.05) is 26.2 Å². The maximum Gasteiger partial charge on any atom is 0.253 e. The number of hydrogen-bond acceptors (Lipinski definition) is 7. The van der Waals surface area contributed by atoms with Crippen molar-refractivity contribution in [3.63, 3.8) is 0 Å². The molecule has 0 radical (unpaired) electrons. The number of aromatic nitrogens is 4. The van der Waals surface area contributed by atoms with E-state index in [1.54, 1.807) is 22.2 Å². The first kappa shape index (κ1) is 18.7. The summed E-state index contributed by atoms with van der Waals surface area (Å²) in [5.74, 6) is 1.29. The summed E-state index contributed by atoms with van der Waals surface area (Å²) in [7, 11) is 0. The van der Waals surface area contributed by atoms with Crippen molar-refractivity contribution in [2.45, 2.75) is 6.54 Å². The minimum Gasteiger partial charge on any atom is -0.338 e. The van der Waals surface area contributed by atoms with E-state index in [1.165, 1.54) is 0 Å². The van der Waals surface area contributed by atoms with Crippen LogP contribution in [0, 0.1) is 0 Å². The zero-order valence-corrected chi connectivity index (χ0v) is 17.0. The van der Waals surface area contributed by atoms with E-state index < -0.39 is 0 Å². The molecule has 5 rings (SSSR count). The first-order valence-corrected chi connectivity index (χ1v) is 10.6. The van der Waals surface area contributed by atoms with Gasteiger partial charge in [0.25, 0.3) is 5.91 Å². The molecule has 1 amide bonds. The molecule has 1 fully saturated rings. The van der Waals surface area contributed by atoms with Crippen molar-refractivity contribution < 1.29 is 9.32 Å². The second-order valence-electron chi connectivity index (χ2n) is 7.05. The number of amides is 1. The van der Waals surface area contributed by atoms with Gasteiger partial charge in [-0.15, -0.1) is 11.3 Å².